The molecule has 1 atom stereocenters. The van der Waals surface area contributed by atoms with Gasteiger partial charge in [-0.05, 0) is 24.3 Å². The van der Waals surface area contributed by atoms with Crippen LogP contribution < -0.4 is 15.1 Å². The molecule has 3 aliphatic rings. The Labute approximate surface area is 199 Å². The number of Topliss-reactive ketones (excluding diaryl/α,β-unsaturated/α-hetero) is 1. The highest BCUT2D eigenvalue weighted by molar-refractivity contribution is 7.99. The van der Waals surface area contributed by atoms with Gasteiger partial charge in [0.05, 0.1) is 24.6 Å². The van der Waals surface area contributed by atoms with E-state index in [-0.39, 0.29) is 35.6 Å². The maximum absolute atomic E-state index is 12.9. The van der Waals surface area contributed by atoms with Crippen molar-refractivity contribution in [1.82, 2.24) is 10.2 Å². The first-order valence-electron chi connectivity index (χ1n) is 11.4. The maximum atomic E-state index is 12.9. The predicted octanol–water partition coefficient (Wildman–Crippen LogP) is 1.98. The summed E-state index contributed by atoms with van der Waals surface area (Å²) in [5, 5.41) is 12.8. The third kappa shape index (κ3) is 4.74. The minimum absolute atomic E-state index is 0.00948. The molecule has 3 aliphatic heterocycles. The number of benzene rings is 1. The standard InChI is InChI=1S/C24H31N5O3S/c1-27-19-5-3-4-6-20(19)28(2)23(27)18(15-25)21(30)7-8-22(31)26-16-24(9-14-33-17-24)29-10-12-32-13-11-29/h3-6H,7-14,16-17H2,1-2H3,(H,26,31). The van der Waals surface area contributed by atoms with Crippen LogP contribution in [0.25, 0.3) is 0 Å². The maximum Gasteiger partial charge on any atom is 0.220 e. The van der Waals surface area contributed by atoms with E-state index in [0.29, 0.717) is 12.4 Å². The van der Waals surface area contributed by atoms with Gasteiger partial charge in [0.25, 0.3) is 0 Å². The molecule has 1 amide bonds. The molecule has 0 spiro atoms. The average Bonchev–Trinajstić information content (AvgIpc) is 3.43. The van der Waals surface area contributed by atoms with E-state index in [1.54, 1.807) is 0 Å². The second-order valence-corrected chi connectivity index (χ2v) is 9.85. The zero-order valence-electron chi connectivity index (χ0n) is 19.3. The van der Waals surface area contributed by atoms with Crippen molar-refractivity contribution in [2.24, 2.45) is 0 Å². The fraction of sp³-hybridized carbons (Fsp3) is 0.542. The summed E-state index contributed by atoms with van der Waals surface area (Å²) in [6.45, 7) is 3.81. The summed E-state index contributed by atoms with van der Waals surface area (Å²) in [6, 6.07) is 9.85. The molecule has 1 aromatic carbocycles. The third-order valence-corrected chi connectivity index (χ3v) is 8.05. The number of anilines is 2. The molecule has 8 nitrogen and oxygen atoms in total. The molecule has 0 bridgehead atoms. The van der Waals surface area contributed by atoms with Crippen LogP contribution in [0.15, 0.2) is 35.7 Å². The Kier molecular flexibility index (Phi) is 7.27. The Morgan fingerprint density at radius 2 is 1.82 bits per heavy atom. The zero-order valence-corrected chi connectivity index (χ0v) is 20.1. The SMILES string of the molecule is CN1C(=C(C#N)C(=O)CCC(=O)NCC2(N3CCOCC3)CCSC2)N(C)c2ccccc21. The van der Waals surface area contributed by atoms with Gasteiger partial charge >= 0.3 is 0 Å². The molecule has 9 heteroatoms. The van der Waals surface area contributed by atoms with Crippen molar-refractivity contribution in [2.75, 3.05) is 68.2 Å². The first-order valence-corrected chi connectivity index (χ1v) is 12.5. The summed E-state index contributed by atoms with van der Waals surface area (Å²) in [7, 11) is 3.69. The van der Waals surface area contributed by atoms with Gasteiger partial charge in [0, 0.05) is 57.9 Å². The number of nitrogens with zero attached hydrogens (tertiary/aromatic N) is 4. The Balaban J connectivity index is 1.37. The number of ether oxygens (including phenoxy) is 1. The molecular formula is C24H31N5O3S. The first-order chi connectivity index (χ1) is 16.0. The second kappa shape index (κ2) is 10.2. The van der Waals surface area contributed by atoms with Gasteiger partial charge in [0.1, 0.15) is 17.5 Å². The third-order valence-electron chi connectivity index (χ3n) is 6.81. The molecule has 176 valence electrons. The molecule has 33 heavy (non-hydrogen) atoms. The fourth-order valence-electron chi connectivity index (χ4n) is 4.90. The van der Waals surface area contributed by atoms with Crippen LogP contribution in [0.3, 0.4) is 0 Å². The van der Waals surface area contributed by atoms with E-state index in [9.17, 15) is 14.9 Å². The predicted molar refractivity (Wildman–Crippen MR) is 130 cm³/mol. The Morgan fingerprint density at radius 3 is 2.39 bits per heavy atom. The minimum atomic E-state index is -0.312. The summed E-state index contributed by atoms with van der Waals surface area (Å²) in [4.78, 5) is 31.7. The summed E-state index contributed by atoms with van der Waals surface area (Å²) in [6.07, 6.45) is 1.13. The van der Waals surface area contributed by atoms with Crippen LogP contribution in [0.5, 0.6) is 0 Å². The van der Waals surface area contributed by atoms with Crippen LogP contribution in [-0.4, -0.2) is 80.6 Å². The molecule has 2 fully saturated rings. The van der Waals surface area contributed by atoms with E-state index in [0.717, 1.165) is 55.6 Å². The van der Waals surface area contributed by atoms with Crippen molar-refractivity contribution in [3.8, 4) is 6.07 Å². The van der Waals surface area contributed by atoms with Crippen molar-refractivity contribution >= 4 is 34.8 Å². The molecule has 3 heterocycles. The smallest absolute Gasteiger partial charge is 0.220 e. The van der Waals surface area contributed by atoms with Gasteiger partial charge in [-0.3, -0.25) is 14.5 Å². The number of ketones is 1. The molecule has 1 aromatic rings. The van der Waals surface area contributed by atoms with Crippen molar-refractivity contribution < 1.29 is 14.3 Å². The number of para-hydroxylation sites is 2. The molecule has 0 saturated carbocycles. The van der Waals surface area contributed by atoms with E-state index in [1.165, 1.54) is 0 Å². The van der Waals surface area contributed by atoms with E-state index < -0.39 is 0 Å². The van der Waals surface area contributed by atoms with Gasteiger partial charge in [0.2, 0.25) is 5.91 Å². The number of amides is 1. The Hall–Kier alpha value is -2.54. The number of nitrogens with one attached hydrogen (secondary N) is 1. The highest BCUT2D eigenvalue weighted by Crippen LogP contribution is 2.40. The number of carbonyl (C=O) groups excluding carboxylic acids is 2. The highest BCUT2D eigenvalue weighted by atomic mass is 32.2. The van der Waals surface area contributed by atoms with Crippen LogP contribution in [0, 0.1) is 11.3 Å². The lowest BCUT2D eigenvalue weighted by molar-refractivity contribution is -0.124. The van der Waals surface area contributed by atoms with Crippen LogP contribution in [0.1, 0.15) is 19.3 Å². The van der Waals surface area contributed by atoms with Crippen LogP contribution in [0.2, 0.25) is 0 Å². The zero-order chi connectivity index (χ0) is 23.4. The quantitative estimate of drug-likeness (QED) is 0.479. The normalized spacial score (nSPS) is 22.8. The number of nitriles is 1. The average molecular weight is 470 g/mol. The topological polar surface area (TPSA) is 88.9 Å². The lowest BCUT2D eigenvalue weighted by Gasteiger charge is -2.43. The Morgan fingerprint density at radius 1 is 1.15 bits per heavy atom. The number of morpholine rings is 1. The van der Waals surface area contributed by atoms with E-state index >= 15 is 0 Å². The van der Waals surface area contributed by atoms with Gasteiger partial charge in [-0.2, -0.15) is 17.0 Å². The van der Waals surface area contributed by atoms with Crippen molar-refractivity contribution in [3.63, 3.8) is 0 Å². The number of rotatable bonds is 7. The second-order valence-electron chi connectivity index (χ2n) is 8.74. The number of thioether (sulfide) groups is 1. The van der Waals surface area contributed by atoms with Crippen molar-refractivity contribution in [1.29, 1.82) is 5.26 Å². The monoisotopic (exact) mass is 469 g/mol. The van der Waals surface area contributed by atoms with Gasteiger partial charge in [0.15, 0.2) is 5.78 Å². The molecule has 1 unspecified atom stereocenters. The number of carbonyl (C=O) groups is 2. The number of fused-ring (bicyclic) bond motifs is 1. The molecule has 1 N–H and O–H groups in total. The van der Waals surface area contributed by atoms with E-state index in [4.69, 9.17) is 4.74 Å². The van der Waals surface area contributed by atoms with Crippen molar-refractivity contribution in [2.45, 2.75) is 24.8 Å². The van der Waals surface area contributed by atoms with Gasteiger partial charge in [-0.25, -0.2) is 0 Å². The summed E-state index contributed by atoms with van der Waals surface area (Å²) in [5.41, 5.74) is 1.93. The molecule has 0 radical (unpaired) electrons. The molecule has 2 saturated heterocycles. The molecule has 4 rings (SSSR count). The number of hydrogen-bond acceptors (Lipinski definition) is 8. The first kappa shape index (κ1) is 23.6. The number of allylic oxidation sites excluding steroid dienone is 1. The largest absolute Gasteiger partial charge is 0.379 e. The Bertz CT molecular complexity index is 946. The lowest BCUT2D eigenvalue weighted by atomic mass is 9.95. The van der Waals surface area contributed by atoms with Gasteiger partial charge in [-0.15, -0.1) is 0 Å². The fourth-order valence-corrected chi connectivity index (χ4v) is 6.37. The summed E-state index contributed by atoms with van der Waals surface area (Å²) in [5.74, 6) is 2.18. The highest BCUT2D eigenvalue weighted by Gasteiger charge is 2.41. The van der Waals surface area contributed by atoms with Crippen molar-refractivity contribution in [3.05, 3.63) is 35.7 Å². The lowest BCUT2D eigenvalue weighted by Crippen LogP contribution is -2.59. The van der Waals surface area contributed by atoms with Gasteiger partial charge in [-0.1, -0.05) is 12.1 Å². The van der Waals surface area contributed by atoms with Crippen LogP contribution in [-0.2, 0) is 14.3 Å². The molecule has 0 aliphatic carbocycles. The van der Waals surface area contributed by atoms with Crippen LogP contribution >= 0.6 is 11.8 Å². The van der Waals surface area contributed by atoms with E-state index in [1.807, 2.05) is 59.9 Å². The number of hydrogen-bond donors (Lipinski definition) is 1. The summed E-state index contributed by atoms with van der Waals surface area (Å²) >= 11 is 1.92. The van der Waals surface area contributed by atoms with E-state index in [2.05, 4.69) is 16.3 Å². The van der Waals surface area contributed by atoms with Crippen LogP contribution in [0.4, 0.5) is 11.4 Å². The molecule has 0 aromatic heterocycles. The molecular weight excluding hydrogens is 438 g/mol. The summed E-state index contributed by atoms with van der Waals surface area (Å²) < 4.78 is 5.49. The minimum Gasteiger partial charge on any atom is -0.379 e. The van der Waals surface area contributed by atoms with Gasteiger partial charge < -0.3 is 19.9 Å².